The summed E-state index contributed by atoms with van der Waals surface area (Å²) in [5.74, 6) is 0.103. The lowest BCUT2D eigenvalue weighted by Crippen LogP contribution is -2.58. The zero-order valence-corrected chi connectivity index (χ0v) is 17.7. The number of hydrogen-bond donors (Lipinski definition) is 4. The van der Waals surface area contributed by atoms with Crippen molar-refractivity contribution in [3.05, 3.63) is 22.3 Å². The molecular formula is C22H32N2O5. The number of benzene rings is 1. The van der Waals surface area contributed by atoms with E-state index in [1.165, 1.54) is 0 Å². The molecule has 1 heterocycles. The molecule has 0 aromatic heterocycles. The molecule has 1 aliphatic carbocycles. The van der Waals surface area contributed by atoms with Gasteiger partial charge >= 0.3 is 0 Å². The van der Waals surface area contributed by atoms with Crippen LogP contribution in [0.15, 0.2) is 0 Å². The number of aliphatic hydroxyl groups is 1. The van der Waals surface area contributed by atoms with Gasteiger partial charge in [0.05, 0.1) is 6.61 Å². The van der Waals surface area contributed by atoms with Crippen LogP contribution in [0.2, 0.25) is 0 Å². The fourth-order valence-electron chi connectivity index (χ4n) is 4.28. The van der Waals surface area contributed by atoms with Crippen LogP contribution in [0.1, 0.15) is 61.3 Å². The summed E-state index contributed by atoms with van der Waals surface area (Å²) in [5.41, 5.74) is 2.06. The molecule has 1 aromatic rings. The summed E-state index contributed by atoms with van der Waals surface area (Å²) >= 11 is 0. The first-order valence-electron chi connectivity index (χ1n) is 10.4. The van der Waals surface area contributed by atoms with Crippen molar-refractivity contribution in [2.75, 3.05) is 6.61 Å². The van der Waals surface area contributed by atoms with Crippen LogP contribution in [0.3, 0.4) is 0 Å². The molecule has 0 saturated heterocycles. The SMILES string of the molecule is Cc1c(C)c2c(c(C)c1O)CCC(C)(C(=O)N[C@@H](CO)C(=O)NC1CCCC1)O2. The standard InChI is InChI=1S/C22H32N2O5/c1-12-13(2)19-16(14(3)18(12)26)9-10-22(4,29-19)21(28)24-17(11-25)20(27)23-15-7-5-6-8-15/h15,17,25-26H,5-11H2,1-4H3,(H,23,27)(H,24,28)/t17-,22?/m0/s1. The Morgan fingerprint density at radius 3 is 2.45 bits per heavy atom. The van der Waals surface area contributed by atoms with Gasteiger partial charge in [0.2, 0.25) is 5.91 Å². The Morgan fingerprint density at radius 2 is 1.83 bits per heavy atom. The van der Waals surface area contributed by atoms with Gasteiger partial charge < -0.3 is 25.6 Å². The van der Waals surface area contributed by atoms with Gasteiger partial charge in [0, 0.05) is 18.0 Å². The number of ether oxygens (including phenoxy) is 1. The molecule has 2 aliphatic rings. The summed E-state index contributed by atoms with van der Waals surface area (Å²) in [6, 6.07) is -0.891. The third-order valence-corrected chi connectivity index (χ3v) is 6.51. The molecule has 160 valence electrons. The first-order chi connectivity index (χ1) is 13.7. The van der Waals surface area contributed by atoms with Crippen molar-refractivity contribution in [2.24, 2.45) is 0 Å². The van der Waals surface area contributed by atoms with Crippen LogP contribution in [0.5, 0.6) is 11.5 Å². The highest BCUT2D eigenvalue weighted by Crippen LogP contribution is 2.43. The molecule has 2 atom stereocenters. The van der Waals surface area contributed by atoms with E-state index in [0.29, 0.717) is 18.6 Å². The van der Waals surface area contributed by atoms with Crippen molar-refractivity contribution in [3.63, 3.8) is 0 Å². The Labute approximate surface area is 171 Å². The van der Waals surface area contributed by atoms with Gasteiger partial charge in [-0.3, -0.25) is 9.59 Å². The van der Waals surface area contributed by atoms with Crippen LogP contribution in [0.4, 0.5) is 0 Å². The van der Waals surface area contributed by atoms with Crippen LogP contribution in [-0.2, 0) is 16.0 Å². The van der Waals surface area contributed by atoms with E-state index in [9.17, 15) is 19.8 Å². The maximum atomic E-state index is 13.0. The number of carbonyl (C=O) groups is 2. The van der Waals surface area contributed by atoms with Crippen LogP contribution in [0.25, 0.3) is 0 Å². The van der Waals surface area contributed by atoms with E-state index in [4.69, 9.17) is 4.74 Å². The Morgan fingerprint density at radius 1 is 1.17 bits per heavy atom. The summed E-state index contributed by atoms with van der Waals surface area (Å²) < 4.78 is 6.15. The van der Waals surface area contributed by atoms with Crippen molar-refractivity contribution in [1.82, 2.24) is 10.6 Å². The number of aromatic hydroxyl groups is 1. The quantitative estimate of drug-likeness (QED) is 0.600. The van der Waals surface area contributed by atoms with Gasteiger partial charge in [0.25, 0.3) is 5.91 Å². The summed E-state index contributed by atoms with van der Waals surface area (Å²) in [6.07, 6.45) is 5.02. The van der Waals surface area contributed by atoms with Gasteiger partial charge in [-0.05, 0) is 63.6 Å². The normalized spacial score (nSPS) is 22.5. The van der Waals surface area contributed by atoms with Crippen LogP contribution >= 0.6 is 0 Å². The van der Waals surface area contributed by atoms with Crippen molar-refractivity contribution >= 4 is 11.8 Å². The van der Waals surface area contributed by atoms with Gasteiger partial charge in [-0.1, -0.05) is 12.8 Å². The predicted octanol–water partition coefficient (Wildman–Crippen LogP) is 1.94. The fourth-order valence-corrected chi connectivity index (χ4v) is 4.28. The minimum atomic E-state index is -1.16. The lowest BCUT2D eigenvalue weighted by atomic mass is 9.86. The molecule has 1 aliphatic heterocycles. The molecule has 0 bridgehead atoms. The third kappa shape index (κ3) is 4.06. The summed E-state index contributed by atoms with van der Waals surface area (Å²) in [6.45, 7) is 6.76. The van der Waals surface area contributed by atoms with Crippen LogP contribution in [-0.4, -0.2) is 46.3 Å². The molecule has 2 amide bonds. The highest BCUT2D eigenvalue weighted by Gasteiger charge is 2.42. The van der Waals surface area contributed by atoms with Crippen molar-refractivity contribution in [2.45, 2.75) is 83.9 Å². The van der Waals surface area contributed by atoms with E-state index in [1.807, 2.05) is 20.8 Å². The van der Waals surface area contributed by atoms with E-state index in [2.05, 4.69) is 10.6 Å². The van der Waals surface area contributed by atoms with Crippen molar-refractivity contribution in [1.29, 1.82) is 0 Å². The number of carbonyl (C=O) groups excluding carboxylic acids is 2. The fraction of sp³-hybridized carbons (Fsp3) is 0.636. The van der Waals surface area contributed by atoms with Crippen LogP contribution in [0, 0.1) is 20.8 Å². The molecule has 3 rings (SSSR count). The van der Waals surface area contributed by atoms with E-state index < -0.39 is 24.2 Å². The Balaban J connectivity index is 1.74. The molecular weight excluding hydrogens is 372 g/mol. The predicted molar refractivity (Wildman–Crippen MR) is 109 cm³/mol. The van der Waals surface area contributed by atoms with Crippen molar-refractivity contribution < 1.29 is 24.5 Å². The minimum Gasteiger partial charge on any atom is -0.507 e. The molecule has 1 aromatic carbocycles. The van der Waals surface area contributed by atoms with Gasteiger partial charge in [0.15, 0.2) is 5.60 Å². The minimum absolute atomic E-state index is 0.114. The number of hydrogen-bond acceptors (Lipinski definition) is 5. The van der Waals surface area contributed by atoms with E-state index in [0.717, 1.165) is 47.9 Å². The average Bonchev–Trinajstić information content (AvgIpc) is 3.21. The molecule has 1 fully saturated rings. The number of fused-ring (bicyclic) bond motifs is 1. The maximum Gasteiger partial charge on any atom is 0.264 e. The van der Waals surface area contributed by atoms with E-state index >= 15 is 0 Å². The Bertz CT molecular complexity index is 816. The number of aliphatic hydroxyl groups excluding tert-OH is 1. The summed E-state index contributed by atoms with van der Waals surface area (Å²) in [7, 11) is 0. The first-order valence-corrected chi connectivity index (χ1v) is 10.4. The zero-order chi connectivity index (χ0) is 21.3. The van der Waals surface area contributed by atoms with Gasteiger partial charge in [0.1, 0.15) is 17.5 Å². The Kier molecular flexibility index (Phi) is 6.08. The molecule has 7 heteroatoms. The van der Waals surface area contributed by atoms with Gasteiger partial charge in [-0.2, -0.15) is 0 Å². The summed E-state index contributed by atoms with van der Waals surface area (Å²) in [5, 5.41) is 25.5. The second kappa shape index (κ2) is 8.22. The average molecular weight is 405 g/mol. The molecule has 0 spiro atoms. The smallest absolute Gasteiger partial charge is 0.264 e. The number of phenolic OH excluding ortho intramolecular Hbond substituents is 1. The second-order valence-corrected chi connectivity index (χ2v) is 8.56. The zero-order valence-electron chi connectivity index (χ0n) is 17.7. The topological polar surface area (TPSA) is 108 Å². The second-order valence-electron chi connectivity index (χ2n) is 8.56. The molecule has 7 nitrogen and oxygen atoms in total. The molecule has 1 saturated carbocycles. The number of nitrogens with one attached hydrogen (secondary N) is 2. The lowest BCUT2D eigenvalue weighted by Gasteiger charge is -2.37. The van der Waals surface area contributed by atoms with E-state index in [1.54, 1.807) is 6.92 Å². The molecule has 29 heavy (non-hydrogen) atoms. The Hall–Kier alpha value is -2.28. The summed E-state index contributed by atoms with van der Waals surface area (Å²) in [4.78, 5) is 25.5. The van der Waals surface area contributed by atoms with Crippen LogP contribution < -0.4 is 15.4 Å². The van der Waals surface area contributed by atoms with Gasteiger partial charge in [-0.15, -0.1) is 0 Å². The number of phenols is 1. The maximum absolute atomic E-state index is 13.0. The number of amides is 2. The lowest BCUT2D eigenvalue weighted by molar-refractivity contribution is -0.141. The molecule has 1 unspecified atom stereocenters. The van der Waals surface area contributed by atoms with E-state index in [-0.39, 0.29) is 17.7 Å². The van der Waals surface area contributed by atoms with Gasteiger partial charge in [-0.25, -0.2) is 0 Å². The van der Waals surface area contributed by atoms with Crippen molar-refractivity contribution in [3.8, 4) is 11.5 Å². The first kappa shape index (κ1) is 21.4. The molecule has 4 N–H and O–H groups in total. The third-order valence-electron chi connectivity index (χ3n) is 6.51. The molecule has 0 radical (unpaired) electrons. The highest BCUT2D eigenvalue weighted by molar-refractivity contribution is 5.92. The largest absolute Gasteiger partial charge is 0.507 e. The monoisotopic (exact) mass is 404 g/mol. The highest BCUT2D eigenvalue weighted by atomic mass is 16.5. The number of rotatable bonds is 5.